The fourth-order valence-electron chi connectivity index (χ4n) is 5.07. The number of ether oxygens (including phenoxy) is 1. The number of allylic oxidation sites excluding steroid dienone is 1. The van der Waals surface area contributed by atoms with Crippen LogP contribution in [0.5, 0.6) is 11.5 Å². The minimum Gasteiger partial charge on any atom is -0.504 e. The van der Waals surface area contributed by atoms with E-state index in [0.29, 0.717) is 37.1 Å². The summed E-state index contributed by atoms with van der Waals surface area (Å²) in [6, 6.07) is 4.60. The van der Waals surface area contributed by atoms with Crippen molar-refractivity contribution in [2.45, 2.75) is 56.3 Å². The third-order valence-corrected chi connectivity index (χ3v) is 6.32. The number of piperidine rings is 1. The Balaban J connectivity index is 1.57. The first kappa shape index (κ1) is 19.0. The number of methoxy groups -OCH3 is 1. The predicted molar refractivity (Wildman–Crippen MR) is 107 cm³/mol. The number of aryl methyl sites for hydroxylation is 1. The minimum atomic E-state index is -0.860. The van der Waals surface area contributed by atoms with Gasteiger partial charge in [0.1, 0.15) is 11.4 Å². The van der Waals surface area contributed by atoms with Crippen LogP contribution in [0.1, 0.15) is 42.6 Å². The smallest absolute Gasteiger partial charge is 0.161 e. The van der Waals surface area contributed by atoms with Crippen LogP contribution in [0.2, 0.25) is 0 Å². The van der Waals surface area contributed by atoms with Gasteiger partial charge in [-0.2, -0.15) is 0 Å². The first-order chi connectivity index (χ1) is 13.4. The number of nitrogens with zero attached hydrogens (tertiary/aromatic N) is 3. The molecule has 4 rings (SSSR count). The lowest BCUT2D eigenvalue weighted by Gasteiger charge is -2.43. The Labute approximate surface area is 166 Å². The molecule has 0 aliphatic carbocycles. The van der Waals surface area contributed by atoms with Gasteiger partial charge in [-0.05, 0) is 43.7 Å². The molecule has 2 saturated heterocycles. The maximum atomic E-state index is 11.3. The van der Waals surface area contributed by atoms with Gasteiger partial charge in [0.05, 0.1) is 7.11 Å². The van der Waals surface area contributed by atoms with Gasteiger partial charge in [0.2, 0.25) is 0 Å². The van der Waals surface area contributed by atoms with Gasteiger partial charge in [-0.3, -0.25) is 4.90 Å². The zero-order valence-electron chi connectivity index (χ0n) is 16.6. The Bertz CT molecular complexity index is 862. The van der Waals surface area contributed by atoms with Gasteiger partial charge < -0.3 is 19.5 Å². The Morgan fingerprint density at radius 3 is 2.61 bits per heavy atom. The Morgan fingerprint density at radius 1 is 1.32 bits per heavy atom. The molecule has 6 heteroatoms. The highest BCUT2D eigenvalue weighted by Crippen LogP contribution is 2.46. The summed E-state index contributed by atoms with van der Waals surface area (Å²) in [5.41, 5.74) is 1.09. The van der Waals surface area contributed by atoms with Gasteiger partial charge in [-0.1, -0.05) is 12.1 Å². The average Bonchev–Trinajstić information content (AvgIpc) is 3.20. The van der Waals surface area contributed by atoms with Gasteiger partial charge in [0, 0.05) is 43.6 Å². The van der Waals surface area contributed by atoms with Gasteiger partial charge in [-0.15, -0.1) is 6.58 Å². The molecule has 2 atom stereocenters. The third-order valence-electron chi connectivity index (χ3n) is 6.32. The van der Waals surface area contributed by atoms with Crippen molar-refractivity contribution in [2.24, 2.45) is 7.05 Å². The van der Waals surface area contributed by atoms with E-state index in [9.17, 15) is 10.2 Å². The van der Waals surface area contributed by atoms with E-state index in [2.05, 4.69) is 16.5 Å². The van der Waals surface area contributed by atoms with Crippen molar-refractivity contribution in [3.63, 3.8) is 0 Å². The van der Waals surface area contributed by atoms with E-state index in [4.69, 9.17) is 4.74 Å². The Morgan fingerprint density at radius 2 is 2.04 bits per heavy atom. The topological polar surface area (TPSA) is 70.8 Å². The van der Waals surface area contributed by atoms with E-state index in [-0.39, 0.29) is 5.75 Å². The maximum absolute atomic E-state index is 11.3. The molecule has 6 nitrogen and oxygen atoms in total. The molecule has 0 saturated carbocycles. The van der Waals surface area contributed by atoms with E-state index >= 15 is 0 Å². The van der Waals surface area contributed by atoms with Crippen LogP contribution in [0, 0.1) is 0 Å². The summed E-state index contributed by atoms with van der Waals surface area (Å²) in [5.74, 6) is 1.46. The van der Waals surface area contributed by atoms with Crippen LogP contribution in [-0.2, 0) is 25.6 Å². The lowest BCUT2D eigenvalue weighted by Crippen LogP contribution is -2.50. The van der Waals surface area contributed by atoms with Crippen molar-refractivity contribution in [3.8, 4) is 11.5 Å². The van der Waals surface area contributed by atoms with Crippen LogP contribution in [-0.4, -0.2) is 43.9 Å². The molecule has 28 heavy (non-hydrogen) atoms. The van der Waals surface area contributed by atoms with Crippen molar-refractivity contribution < 1.29 is 14.9 Å². The minimum absolute atomic E-state index is 0.192. The summed E-state index contributed by atoms with van der Waals surface area (Å²) in [5, 5.41) is 21.7. The molecule has 150 valence electrons. The maximum Gasteiger partial charge on any atom is 0.161 e. The standard InChI is InChI=1S/C22H29N3O3/c1-4-5-16-10-15(11-19(28-3)20(16)26)14-25-17-6-7-18(25)13-22(27,12-17)21-23-8-9-24(21)2/h4,8-11,17-18,26-27H,1,5-7,12-14H2,2-3H3. The van der Waals surface area contributed by atoms with E-state index in [0.717, 1.165) is 36.3 Å². The van der Waals surface area contributed by atoms with E-state index in [1.54, 1.807) is 19.4 Å². The molecule has 2 aliphatic rings. The number of imidazole rings is 1. The highest BCUT2D eigenvalue weighted by Gasteiger charge is 2.49. The number of aliphatic hydroxyl groups is 1. The lowest BCUT2D eigenvalue weighted by molar-refractivity contribution is -0.0669. The number of rotatable bonds is 6. The van der Waals surface area contributed by atoms with Gasteiger partial charge in [0.25, 0.3) is 0 Å². The molecule has 2 bridgehead atoms. The molecule has 2 fully saturated rings. The number of benzene rings is 1. The third kappa shape index (κ3) is 3.20. The summed E-state index contributed by atoms with van der Waals surface area (Å²) in [7, 11) is 3.52. The van der Waals surface area contributed by atoms with Crippen molar-refractivity contribution in [1.82, 2.24) is 14.5 Å². The summed E-state index contributed by atoms with van der Waals surface area (Å²) in [6.45, 7) is 4.57. The van der Waals surface area contributed by atoms with Gasteiger partial charge >= 0.3 is 0 Å². The van der Waals surface area contributed by atoms with Crippen molar-refractivity contribution in [2.75, 3.05) is 7.11 Å². The van der Waals surface area contributed by atoms with Crippen LogP contribution in [0.25, 0.3) is 0 Å². The number of aromatic nitrogens is 2. The summed E-state index contributed by atoms with van der Waals surface area (Å²) in [6.07, 6.45) is 9.61. The number of phenols is 1. The molecular formula is C22H29N3O3. The summed E-state index contributed by atoms with van der Waals surface area (Å²) < 4.78 is 7.30. The van der Waals surface area contributed by atoms with E-state index in [1.165, 1.54) is 0 Å². The van der Waals surface area contributed by atoms with Crippen molar-refractivity contribution in [3.05, 3.63) is 54.1 Å². The largest absolute Gasteiger partial charge is 0.504 e. The van der Waals surface area contributed by atoms with Crippen LogP contribution >= 0.6 is 0 Å². The predicted octanol–water partition coefficient (Wildman–Crippen LogP) is 2.88. The molecule has 0 radical (unpaired) electrons. The first-order valence-electron chi connectivity index (χ1n) is 9.90. The normalized spacial score (nSPS) is 27.1. The van der Waals surface area contributed by atoms with Crippen molar-refractivity contribution >= 4 is 0 Å². The van der Waals surface area contributed by atoms with Gasteiger partial charge in [0.15, 0.2) is 11.5 Å². The summed E-state index contributed by atoms with van der Waals surface area (Å²) >= 11 is 0. The highest BCUT2D eigenvalue weighted by atomic mass is 16.5. The fourth-order valence-corrected chi connectivity index (χ4v) is 5.07. The second kappa shape index (κ2) is 7.26. The average molecular weight is 383 g/mol. The lowest BCUT2D eigenvalue weighted by atomic mass is 9.85. The second-order valence-electron chi connectivity index (χ2n) is 8.16. The number of hydrogen-bond acceptors (Lipinski definition) is 5. The summed E-state index contributed by atoms with van der Waals surface area (Å²) in [4.78, 5) is 6.92. The first-order valence-corrected chi connectivity index (χ1v) is 9.90. The Hall–Kier alpha value is -2.31. The second-order valence-corrected chi connectivity index (χ2v) is 8.16. The van der Waals surface area contributed by atoms with Crippen LogP contribution < -0.4 is 4.74 Å². The molecule has 1 aromatic carbocycles. The molecule has 0 amide bonds. The molecule has 2 aromatic rings. The van der Waals surface area contributed by atoms with Crippen LogP contribution in [0.15, 0.2) is 37.2 Å². The molecule has 3 heterocycles. The monoisotopic (exact) mass is 383 g/mol. The number of hydrogen-bond donors (Lipinski definition) is 2. The number of phenolic OH excluding ortho intramolecular Hbond substituents is 1. The molecule has 0 spiro atoms. The molecule has 2 N–H and O–H groups in total. The van der Waals surface area contributed by atoms with E-state index < -0.39 is 5.60 Å². The molecule has 1 aromatic heterocycles. The zero-order chi connectivity index (χ0) is 19.9. The van der Waals surface area contributed by atoms with E-state index in [1.807, 2.05) is 29.9 Å². The number of aromatic hydroxyl groups is 1. The Kier molecular flexibility index (Phi) is 4.93. The van der Waals surface area contributed by atoms with Crippen LogP contribution in [0.3, 0.4) is 0 Å². The van der Waals surface area contributed by atoms with Crippen molar-refractivity contribution in [1.29, 1.82) is 0 Å². The van der Waals surface area contributed by atoms with Crippen LogP contribution in [0.4, 0.5) is 0 Å². The zero-order valence-corrected chi connectivity index (χ0v) is 16.6. The molecule has 2 unspecified atom stereocenters. The molecular weight excluding hydrogens is 354 g/mol. The number of fused-ring (bicyclic) bond motifs is 2. The fraction of sp³-hybridized carbons (Fsp3) is 0.500. The highest BCUT2D eigenvalue weighted by molar-refractivity contribution is 5.49. The molecule has 2 aliphatic heterocycles. The SMILES string of the molecule is C=CCc1cc(CN2C3CCC2CC(O)(c2nccn2C)C3)cc(OC)c1O. The quantitative estimate of drug-likeness (QED) is 0.751. The van der Waals surface area contributed by atoms with Gasteiger partial charge in [-0.25, -0.2) is 4.98 Å².